The Morgan fingerprint density at radius 2 is 1.48 bits per heavy atom. The predicted molar refractivity (Wildman–Crippen MR) is 184 cm³/mol. The van der Waals surface area contributed by atoms with E-state index < -0.39 is 17.0 Å². The second-order valence-electron chi connectivity index (χ2n) is 12.2. The Hall–Kier alpha value is -4.84. The molecule has 2 rings (SSSR count). The molecule has 0 spiro atoms. The summed E-state index contributed by atoms with van der Waals surface area (Å²) < 4.78 is 26.8. The lowest BCUT2D eigenvalue weighted by Gasteiger charge is -2.16. The number of carbonyl (C=O) groups excluding carboxylic acids is 6. The van der Waals surface area contributed by atoms with E-state index in [9.17, 15) is 38.9 Å². The van der Waals surface area contributed by atoms with E-state index in [1.807, 2.05) is 13.8 Å². The molecule has 0 aromatic heterocycles. The average molecular weight is 738 g/mol. The van der Waals surface area contributed by atoms with E-state index in [0.717, 1.165) is 4.90 Å². The summed E-state index contributed by atoms with van der Waals surface area (Å²) in [7, 11) is 1.37. The third kappa shape index (κ3) is 15.2. The zero-order valence-corrected chi connectivity index (χ0v) is 30.5. The minimum Gasteiger partial charge on any atom is -0.493 e. The number of esters is 1. The largest absolute Gasteiger partial charge is 0.493 e. The summed E-state index contributed by atoms with van der Waals surface area (Å²) in [5.41, 5.74) is -0.150. The molecule has 0 radical (unpaired) electrons. The number of hydrogen-bond acceptors (Lipinski definition) is 13. The van der Waals surface area contributed by atoms with Crippen LogP contribution in [0.15, 0.2) is 12.1 Å². The number of nitro groups is 1. The highest BCUT2D eigenvalue weighted by atomic mass is 16.6. The van der Waals surface area contributed by atoms with Gasteiger partial charge in [-0.2, -0.15) is 0 Å². The van der Waals surface area contributed by atoms with Crippen molar-refractivity contribution in [1.82, 2.24) is 20.9 Å². The maximum Gasteiger partial charge on any atom is 0.303 e. The molecule has 0 saturated carbocycles. The molecule has 1 aliphatic rings. The summed E-state index contributed by atoms with van der Waals surface area (Å²) in [6.07, 6.45) is -0.120. The van der Waals surface area contributed by atoms with Crippen molar-refractivity contribution in [3.05, 3.63) is 27.8 Å². The molecule has 5 amide bonds. The Bertz CT molecular complexity index is 1400. The van der Waals surface area contributed by atoms with Gasteiger partial charge in [-0.1, -0.05) is 13.8 Å². The summed E-state index contributed by atoms with van der Waals surface area (Å²) >= 11 is 0. The van der Waals surface area contributed by atoms with Crippen molar-refractivity contribution in [3.8, 4) is 11.5 Å². The topological polar surface area (TPSA) is 231 Å². The van der Waals surface area contributed by atoms with Gasteiger partial charge in [0.15, 0.2) is 11.5 Å². The molecular weight excluding hydrogens is 686 g/mol. The van der Waals surface area contributed by atoms with Crippen LogP contribution in [-0.2, 0) is 43.0 Å². The maximum atomic E-state index is 12.3. The number of nitrogens with zero attached hydrogens (tertiary/aromatic N) is 2. The van der Waals surface area contributed by atoms with Gasteiger partial charge in [0, 0.05) is 64.7 Å². The molecule has 3 N–H and O–H groups in total. The predicted octanol–water partition coefficient (Wildman–Crippen LogP) is 1.58. The second-order valence-corrected chi connectivity index (χ2v) is 12.2. The molecule has 0 aliphatic carbocycles. The number of likely N-dealkylation sites (tertiary alicyclic amines) is 1. The molecule has 0 bridgehead atoms. The molecule has 18 heteroatoms. The number of nitrogens with one attached hydrogen (secondary N) is 3. The number of carbonyl (C=O) groups is 6. The summed E-state index contributed by atoms with van der Waals surface area (Å²) in [5, 5.41) is 19.7. The minimum absolute atomic E-state index is 0.0298. The average Bonchev–Trinajstić information content (AvgIpc) is 3.38. The lowest BCUT2D eigenvalue weighted by Crippen LogP contribution is -2.36. The molecule has 2 atom stereocenters. The molecule has 2 unspecified atom stereocenters. The molecule has 1 aromatic carbocycles. The lowest BCUT2D eigenvalue weighted by molar-refractivity contribution is -0.386. The van der Waals surface area contributed by atoms with Gasteiger partial charge in [-0.15, -0.1) is 0 Å². The van der Waals surface area contributed by atoms with Crippen molar-refractivity contribution in [2.45, 2.75) is 65.9 Å². The van der Waals surface area contributed by atoms with Gasteiger partial charge in [0.1, 0.15) is 6.10 Å². The van der Waals surface area contributed by atoms with Crippen LogP contribution in [0, 0.1) is 22.0 Å². The summed E-state index contributed by atoms with van der Waals surface area (Å²) in [5.74, 6) is -1.77. The van der Waals surface area contributed by atoms with Crippen LogP contribution in [0.1, 0.15) is 71.5 Å². The highest BCUT2D eigenvalue weighted by Crippen LogP contribution is 2.38. The quantitative estimate of drug-likeness (QED) is 0.0426. The Morgan fingerprint density at radius 1 is 0.865 bits per heavy atom. The standard InChI is InChI=1S/C34H51N5O13/c1-22(2)25-20-33(44)38(34(25)45)13-8-31(42)37-12-16-50-18-17-49-15-9-32(43)36-11-10-35-30(41)7-6-14-51-29-21-27(39(46)47)26(19-28(29)48-5)23(3)52-24(4)40/h19,21-23,25H,6-18,20H2,1-5H3,(H,35,41)(H,36,43)(H,37,42). The van der Waals surface area contributed by atoms with Crippen LogP contribution in [0.2, 0.25) is 0 Å². The van der Waals surface area contributed by atoms with Crippen LogP contribution in [0.25, 0.3) is 0 Å². The van der Waals surface area contributed by atoms with Crippen LogP contribution in [0.3, 0.4) is 0 Å². The number of ether oxygens (including phenoxy) is 5. The maximum absolute atomic E-state index is 12.3. The van der Waals surface area contributed by atoms with Crippen LogP contribution < -0.4 is 25.4 Å². The van der Waals surface area contributed by atoms with Crippen molar-refractivity contribution in [2.75, 3.05) is 66.3 Å². The number of imide groups is 1. The third-order valence-corrected chi connectivity index (χ3v) is 7.93. The molecule has 1 aromatic rings. The van der Waals surface area contributed by atoms with Gasteiger partial charge in [0.05, 0.1) is 56.7 Å². The zero-order valence-electron chi connectivity index (χ0n) is 30.5. The first-order chi connectivity index (χ1) is 24.7. The highest BCUT2D eigenvalue weighted by Gasteiger charge is 2.39. The van der Waals surface area contributed by atoms with Gasteiger partial charge in [0.2, 0.25) is 29.5 Å². The fourth-order valence-electron chi connectivity index (χ4n) is 5.14. The Balaban J connectivity index is 1.49. The normalized spacial score (nSPS) is 14.6. The van der Waals surface area contributed by atoms with E-state index >= 15 is 0 Å². The Labute approximate surface area is 302 Å². The van der Waals surface area contributed by atoms with Crippen molar-refractivity contribution < 1.29 is 57.4 Å². The number of benzene rings is 1. The lowest BCUT2D eigenvalue weighted by atomic mass is 9.94. The van der Waals surface area contributed by atoms with Crippen LogP contribution in [-0.4, -0.2) is 112 Å². The molecule has 18 nitrogen and oxygen atoms in total. The van der Waals surface area contributed by atoms with Gasteiger partial charge >= 0.3 is 5.97 Å². The van der Waals surface area contributed by atoms with Crippen LogP contribution in [0.5, 0.6) is 11.5 Å². The molecule has 1 aliphatic heterocycles. The monoisotopic (exact) mass is 737 g/mol. The summed E-state index contributed by atoms with van der Waals surface area (Å²) in [4.78, 5) is 84.0. The molecule has 1 saturated heterocycles. The fraction of sp³-hybridized carbons (Fsp3) is 0.647. The van der Waals surface area contributed by atoms with Gasteiger partial charge in [-0.25, -0.2) is 0 Å². The Morgan fingerprint density at radius 3 is 2.08 bits per heavy atom. The minimum atomic E-state index is -0.880. The fourth-order valence-corrected chi connectivity index (χ4v) is 5.14. The Kier molecular flexibility index (Phi) is 19.1. The molecular formula is C34H51N5O13. The first kappa shape index (κ1) is 43.3. The zero-order chi connectivity index (χ0) is 38.6. The van der Waals surface area contributed by atoms with E-state index in [0.29, 0.717) is 6.42 Å². The van der Waals surface area contributed by atoms with Crippen LogP contribution in [0.4, 0.5) is 5.69 Å². The molecule has 1 fully saturated rings. The van der Waals surface area contributed by atoms with E-state index in [4.69, 9.17) is 23.7 Å². The van der Waals surface area contributed by atoms with Crippen molar-refractivity contribution >= 4 is 41.2 Å². The van der Waals surface area contributed by atoms with Gasteiger partial charge < -0.3 is 39.6 Å². The smallest absolute Gasteiger partial charge is 0.303 e. The second kappa shape index (κ2) is 22.9. The first-order valence-corrected chi connectivity index (χ1v) is 17.2. The first-order valence-electron chi connectivity index (χ1n) is 17.2. The third-order valence-electron chi connectivity index (χ3n) is 7.93. The van der Waals surface area contributed by atoms with Gasteiger partial charge in [-0.05, 0) is 25.3 Å². The molecule has 52 heavy (non-hydrogen) atoms. The molecule has 290 valence electrons. The molecule has 1 heterocycles. The number of hydrogen-bond donors (Lipinski definition) is 3. The van der Waals surface area contributed by atoms with Crippen LogP contribution >= 0.6 is 0 Å². The summed E-state index contributed by atoms with van der Waals surface area (Å²) in [6, 6.07) is 2.57. The number of amides is 5. The van der Waals surface area contributed by atoms with E-state index in [1.54, 1.807) is 0 Å². The van der Waals surface area contributed by atoms with Crippen molar-refractivity contribution in [1.29, 1.82) is 0 Å². The number of methoxy groups -OCH3 is 1. The van der Waals surface area contributed by atoms with E-state index in [1.165, 1.54) is 33.1 Å². The summed E-state index contributed by atoms with van der Waals surface area (Å²) in [6.45, 7) is 8.27. The van der Waals surface area contributed by atoms with Crippen molar-refractivity contribution in [2.24, 2.45) is 11.8 Å². The SMILES string of the molecule is COc1cc(C(C)OC(C)=O)c([N+](=O)[O-])cc1OCCCC(=O)NCCNC(=O)CCOCCOCCNC(=O)CCN1C(=O)CC(C(C)C)C1=O. The highest BCUT2D eigenvalue weighted by molar-refractivity contribution is 6.03. The van der Waals surface area contributed by atoms with E-state index in [2.05, 4.69) is 16.0 Å². The van der Waals surface area contributed by atoms with E-state index in [-0.39, 0.29) is 149 Å². The van der Waals surface area contributed by atoms with Crippen molar-refractivity contribution in [3.63, 3.8) is 0 Å². The van der Waals surface area contributed by atoms with Gasteiger partial charge in [-0.3, -0.25) is 43.8 Å². The number of nitro benzene ring substituents is 1. The number of rotatable bonds is 25. The van der Waals surface area contributed by atoms with Gasteiger partial charge in [0.25, 0.3) is 5.69 Å².